The Morgan fingerprint density at radius 1 is 0.903 bits per heavy atom. The molecular weight excluding hydrogens is 450 g/mol. The van der Waals surface area contributed by atoms with Gasteiger partial charge in [-0.2, -0.15) is 0 Å². The SMILES string of the molecule is CCN(C(=O)C(CC)(CC)CCNC(=O)OC(C)(C)C)C(CC)(P(=O)(O)O)P(=O)(O)O. The van der Waals surface area contributed by atoms with Crippen molar-refractivity contribution in [1.82, 2.24) is 10.2 Å². The highest BCUT2D eigenvalue weighted by molar-refractivity contribution is 7.72. The number of hydrogen-bond donors (Lipinski definition) is 5. The lowest BCUT2D eigenvalue weighted by molar-refractivity contribution is -0.146. The minimum Gasteiger partial charge on any atom is -0.444 e. The van der Waals surface area contributed by atoms with Crippen molar-refractivity contribution in [2.75, 3.05) is 13.1 Å². The summed E-state index contributed by atoms with van der Waals surface area (Å²) in [5, 5.41) is -0.409. The van der Waals surface area contributed by atoms with Gasteiger partial charge in [-0.15, -0.1) is 0 Å². The van der Waals surface area contributed by atoms with Gasteiger partial charge in [-0.05, 0) is 53.4 Å². The molecule has 5 N–H and O–H groups in total. The highest BCUT2D eigenvalue weighted by Gasteiger charge is 2.65. The molecule has 0 fully saturated rings. The first-order valence-electron chi connectivity index (χ1n) is 10.3. The van der Waals surface area contributed by atoms with Crippen LogP contribution in [0.2, 0.25) is 0 Å². The van der Waals surface area contributed by atoms with E-state index in [1.165, 1.54) is 13.8 Å². The van der Waals surface area contributed by atoms with Crippen LogP contribution in [-0.4, -0.2) is 60.2 Å². The van der Waals surface area contributed by atoms with Gasteiger partial charge in [0, 0.05) is 13.1 Å². The molecule has 13 heteroatoms. The molecule has 0 aromatic heterocycles. The highest BCUT2D eigenvalue weighted by atomic mass is 31.2. The van der Waals surface area contributed by atoms with Crippen molar-refractivity contribution in [1.29, 1.82) is 0 Å². The van der Waals surface area contributed by atoms with Gasteiger partial charge >= 0.3 is 21.3 Å². The molecule has 31 heavy (non-hydrogen) atoms. The van der Waals surface area contributed by atoms with Gasteiger partial charge in [0.25, 0.3) is 0 Å². The summed E-state index contributed by atoms with van der Waals surface area (Å²) in [7, 11) is -10.9. The molecule has 0 unspecified atom stereocenters. The van der Waals surface area contributed by atoms with E-state index in [0.29, 0.717) is 4.90 Å². The topological polar surface area (TPSA) is 174 Å². The number of carbonyl (C=O) groups is 2. The van der Waals surface area contributed by atoms with E-state index >= 15 is 0 Å². The maximum absolute atomic E-state index is 13.6. The maximum atomic E-state index is 13.6. The molecule has 0 aliphatic carbocycles. The van der Waals surface area contributed by atoms with Gasteiger partial charge in [-0.25, -0.2) is 4.79 Å². The minimum absolute atomic E-state index is 0.0326. The fraction of sp³-hybridized carbons (Fsp3) is 0.889. The van der Waals surface area contributed by atoms with Gasteiger partial charge in [0.1, 0.15) is 5.60 Å². The van der Waals surface area contributed by atoms with Crippen molar-refractivity contribution in [3.63, 3.8) is 0 Å². The second kappa shape index (κ2) is 10.8. The molecule has 0 aromatic rings. The second-order valence-electron chi connectivity index (χ2n) is 8.43. The number of carbonyl (C=O) groups excluding carboxylic acids is 2. The van der Waals surface area contributed by atoms with Crippen molar-refractivity contribution in [2.45, 2.75) is 84.8 Å². The first-order chi connectivity index (χ1) is 13.9. The number of ether oxygens (including phenoxy) is 1. The Labute approximate surface area is 184 Å². The zero-order valence-corrected chi connectivity index (χ0v) is 21.2. The summed E-state index contributed by atoms with van der Waals surface area (Å²) >= 11 is 0. The number of amides is 2. The Hall–Kier alpha value is -0.960. The van der Waals surface area contributed by atoms with Crippen LogP contribution in [0.25, 0.3) is 0 Å². The summed E-state index contributed by atoms with van der Waals surface area (Å²) in [6.07, 6.45) is -0.757. The number of hydrogen-bond acceptors (Lipinski definition) is 5. The highest BCUT2D eigenvalue weighted by Crippen LogP contribution is 2.72. The molecule has 2 amide bonds. The quantitative estimate of drug-likeness (QED) is 0.274. The van der Waals surface area contributed by atoms with Crippen LogP contribution in [0.4, 0.5) is 4.79 Å². The van der Waals surface area contributed by atoms with Crippen LogP contribution in [-0.2, 0) is 18.7 Å². The molecule has 0 atom stereocenters. The lowest BCUT2D eigenvalue weighted by atomic mass is 9.77. The fourth-order valence-corrected chi connectivity index (χ4v) is 6.94. The third-order valence-electron chi connectivity index (χ3n) is 5.48. The van der Waals surface area contributed by atoms with Gasteiger partial charge in [0.2, 0.25) is 10.9 Å². The molecular formula is C18H38N2O9P2. The van der Waals surface area contributed by atoms with E-state index in [4.69, 9.17) is 4.74 Å². The van der Waals surface area contributed by atoms with Crippen molar-refractivity contribution < 1.29 is 43.0 Å². The van der Waals surface area contributed by atoms with E-state index in [2.05, 4.69) is 5.32 Å². The summed E-state index contributed by atoms with van der Waals surface area (Å²) in [6, 6.07) is 0. The Morgan fingerprint density at radius 3 is 1.65 bits per heavy atom. The van der Waals surface area contributed by atoms with Crippen molar-refractivity contribution in [3.05, 3.63) is 0 Å². The molecule has 0 spiro atoms. The minimum atomic E-state index is -5.46. The van der Waals surface area contributed by atoms with Gasteiger partial charge in [-0.3, -0.25) is 13.9 Å². The normalized spacial score (nSPS) is 13.6. The van der Waals surface area contributed by atoms with Gasteiger partial charge < -0.3 is 34.5 Å². The van der Waals surface area contributed by atoms with Crippen LogP contribution in [0, 0.1) is 5.41 Å². The van der Waals surface area contributed by atoms with E-state index < -0.39 is 49.6 Å². The maximum Gasteiger partial charge on any atom is 0.407 e. The molecule has 0 saturated carbocycles. The zero-order valence-electron chi connectivity index (χ0n) is 19.4. The Bertz CT molecular complexity index is 698. The molecule has 11 nitrogen and oxygen atoms in total. The van der Waals surface area contributed by atoms with Crippen LogP contribution in [0.15, 0.2) is 0 Å². The van der Waals surface area contributed by atoms with Gasteiger partial charge in [0.15, 0.2) is 0 Å². The average molecular weight is 488 g/mol. The van der Waals surface area contributed by atoms with Crippen molar-refractivity contribution in [2.24, 2.45) is 5.41 Å². The standard InChI is InChI=1S/C18H38N2O9P2/c1-8-17(9-2,12-13-19-15(22)29-16(5,6)7)14(21)20(11-4)18(10-3,30(23,24)25)31(26,27)28/h8-13H2,1-7H3,(H,19,22)(H2,23,24,25)(H2,26,27,28). The molecule has 0 aromatic carbocycles. The predicted octanol–water partition coefficient (Wildman–Crippen LogP) is 2.98. The molecule has 0 rings (SSSR count). The first kappa shape index (κ1) is 30.0. The fourth-order valence-electron chi connectivity index (χ4n) is 3.66. The predicted molar refractivity (Wildman–Crippen MR) is 116 cm³/mol. The molecule has 0 aliphatic rings. The summed E-state index contributed by atoms with van der Waals surface area (Å²) in [4.78, 5) is 65.8. The smallest absolute Gasteiger partial charge is 0.407 e. The number of alkyl carbamates (subject to hydrolysis) is 1. The average Bonchev–Trinajstić information content (AvgIpc) is 2.59. The van der Waals surface area contributed by atoms with E-state index in [1.54, 1.807) is 34.6 Å². The summed E-state index contributed by atoms with van der Waals surface area (Å²) < 4.78 is 29.8. The van der Waals surface area contributed by atoms with Gasteiger partial charge in [0.05, 0.1) is 5.41 Å². The molecule has 0 bridgehead atoms. The van der Waals surface area contributed by atoms with Crippen molar-refractivity contribution >= 4 is 27.2 Å². The Morgan fingerprint density at radius 2 is 1.35 bits per heavy atom. The van der Waals surface area contributed by atoms with E-state index in [1.807, 2.05) is 0 Å². The summed E-state index contributed by atoms with van der Waals surface area (Å²) in [5.74, 6) is -0.778. The number of nitrogens with one attached hydrogen (secondary N) is 1. The summed E-state index contributed by atoms with van der Waals surface area (Å²) in [6.45, 7) is 10.8. The van der Waals surface area contributed by atoms with Crippen LogP contribution in [0.3, 0.4) is 0 Å². The largest absolute Gasteiger partial charge is 0.444 e. The van der Waals surface area contributed by atoms with Crippen LogP contribution in [0.5, 0.6) is 0 Å². The second-order valence-corrected chi connectivity index (χ2v) is 12.4. The first-order valence-corrected chi connectivity index (χ1v) is 13.5. The monoisotopic (exact) mass is 488 g/mol. The third kappa shape index (κ3) is 6.76. The van der Waals surface area contributed by atoms with E-state index in [-0.39, 0.29) is 32.4 Å². The molecule has 0 heterocycles. The third-order valence-corrected chi connectivity index (χ3v) is 10.0. The molecule has 0 radical (unpaired) electrons. The van der Waals surface area contributed by atoms with Crippen LogP contribution < -0.4 is 5.32 Å². The number of rotatable bonds is 11. The molecule has 184 valence electrons. The lowest BCUT2D eigenvalue weighted by Crippen LogP contribution is -2.56. The molecule has 0 aliphatic heterocycles. The van der Waals surface area contributed by atoms with E-state index in [0.717, 1.165) is 0 Å². The van der Waals surface area contributed by atoms with Crippen molar-refractivity contribution in [3.8, 4) is 0 Å². The lowest BCUT2D eigenvalue weighted by Gasteiger charge is -2.46. The zero-order chi connectivity index (χ0) is 24.9. The van der Waals surface area contributed by atoms with Crippen LogP contribution in [0.1, 0.15) is 74.1 Å². The molecule has 0 saturated heterocycles. The Balaban J connectivity index is 6.07. The Kier molecular flexibility index (Phi) is 10.4. The number of nitrogens with zero attached hydrogens (tertiary/aromatic N) is 1. The summed E-state index contributed by atoms with van der Waals surface area (Å²) in [5.41, 5.74) is -1.91. The van der Waals surface area contributed by atoms with Crippen LogP contribution >= 0.6 is 15.2 Å². The van der Waals surface area contributed by atoms with E-state index in [9.17, 15) is 38.3 Å². The van der Waals surface area contributed by atoms with Gasteiger partial charge in [-0.1, -0.05) is 20.8 Å².